The standard InChI is InChI=1S/C27H17F2N3O4S/c1-3-4-8-14-35-24(33)16-20(18-10-6-5-7-11-18)23-15-19-17-30-27(37-36-34-2)31-26(19)32(23)25-21(28)12-9-13-22(25)29/h5-7,9-13,15-17H,1-2H3/b20-16-. The van der Waals surface area contributed by atoms with Crippen molar-refractivity contribution in [3.63, 3.8) is 0 Å². The molecule has 10 heteroatoms. The lowest BCUT2D eigenvalue weighted by Gasteiger charge is -2.15. The summed E-state index contributed by atoms with van der Waals surface area (Å²) in [6, 6.07) is 13.9. The third kappa shape index (κ3) is 5.85. The summed E-state index contributed by atoms with van der Waals surface area (Å²) >= 11 is 0.725. The molecular weight excluding hydrogens is 500 g/mol. The fraction of sp³-hybridized carbons (Fsp3) is 0.0741. The second-order valence-electron chi connectivity index (χ2n) is 7.13. The van der Waals surface area contributed by atoms with Crippen molar-refractivity contribution < 1.29 is 27.5 Å². The number of fused-ring (bicyclic) bond motifs is 1. The summed E-state index contributed by atoms with van der Waals surface area (Å²) in [5, 5.41) is 0.585. The van der Waals surface area contributed by atoms with Crippen molar-refractivity contribution in [2.75, 3.05) is 7.11 Å². The largest absolute Gasteiger partial charge is 0.368 e. The van der Waals surface area contributed by atoms with Crippen molar-refractivity contribution in [2.45, 2.75) is 12.1 Å². The van der Waals surface area contributed by atoms with Gasteiger partial charge in [0.15, 0.2) is 0 Å². The van der Waals surface area contributed by atoms with E-state index in [0.717, 1.165) is 24.2 Å². The predicted octanol–water partition coefficient (Wildman–Crippen LogP) is 5.24. The molecule has 4 rings (SSSR count). The quantitative estimate of drug-likeness (QED) is 0.0631. The van der Waals surface area contributed by atoms with Crippen LogP contribution in [0, 0.1) is 35.5 Å². The summed E-state index contributed by atoms with van der Waals surface area (Å²) in [7, 11) is 1.32. The molecule has 184 valence electrons. The van der Waals surface area contributed by atoms with Crippen LogP contribution in [-0.4, -0.2) is 27.6 Å². The van der Waals surface area contributed by atoms with E-state index >= 15 is 8.78 Å². The first-order valence-corrected chi connectivity index (χ1v) is 11.4. The van der Waals surface area contributed by atoms with Gasteiger partial charge >= 0.3 is 5.97 Å². The highest BCUT2D eigenvalue weighted by Gasteiger charge is 2.23. The van der Waals surface area contributed by atoms with Gasteiger partial charge in [0, 0.05) is 29.2 Å². The van der Waals surface area contributed by atoms with Crippen LogP contribution >= 0.6 is 12.0 Å². The molecule has 4 aromatic rings. The van der Waals surface area contributed by atoms with E-state index in [2.05, 4.69) is 38.7 Å². The van der Waals surface area contributed by atoms with Crippen LogP contribution in [0.25, 0.3) is 22.3 Å². The SMILES string of the molecule is CC#CC#COC(=O)/C=C(/c1ccccc1)c1cc2cnc(SOOC)nc2n1-c1c(F)cccc1F. The topological polar surface area (TPSA) is 75.5 Å². The minimum atomic E-state index is -0.835. The fourth-order valence-electron chi connectivity index (χ4n) is 3.44. The molecule has 0 saturated carbocycles. The van der Waals surface area contributed by atoms with E-state index in [0.29, 0.717) is 16.5 Å². The number of para-hydroxylation sites is 1. The molecule has 2 heterocycles. The Morgan fingerprint density at radius 1 is 1.08 bits per heavy atom. The summed E-state index contributed by atoms with van der Waals surface area (Å²) < 4.78 is 41.3. The Morgan fingerprint density at radius 2 is 1.84 bits per heavy atom. The van der Waals surface area contributed by atoms with E-state index in [-0.39, 0.29) is 22.2 Å². The van der Waals surface area contributed by atoms with Crippen LogP contribution in [0.15, 0.2) is 72.0 Å². The molecule has 2 aromatic heterocycles. The molecule has 0 aliphatic rings. The lowest BCUT2D eigenvalue weighted by molar-refractivity contribution is -0.160. The molecule has 0 radical (unpaired) electrons. The highest BCUT2D eigenvalue weighted by molar-refractivity contribution is 7.94. The second-order valence-corrected chi connectivity index (χ2v) is 7.80. The highest BCUT2D eigenvalue weighted by atomic mass is 32.2. The van der Waals surface area contributed by atoms with Gasteiger partial charge in [-0.1, -0.05) is 42.3 Å². The first kappa shape index (κ1) is 25.6. The first-order valence-electron chi connectivity index (χ1n) is 10.6. The van der Waals surface area contributed by atoms with Crippen molar-refractivity contribution in [1.82, 2.24) is 14.5 Å². The van der Waals surface area contributed by atoms with Gasteiger partial charge in [-0.15, -0.1) is 0 Å². The van der Waals surface area contributed by atoms with Crippen LogP contribution in [0.3, 0.4) is 0 Å². The monoisotopic (exact) mass is 517 g/mol. The zero-order chi connectivity index (χ0) is 26.2. The summed E-state index contributed by atoms with van der Waals surface area (Å²) in [5.74, 6) is 4.95. The lowest BCUT2D eigenvalue weighted by atomic mass is 10.0. The van der Waals surface area contributed by atoms with Gasteiger partial charge in [0.2, 0.25) is 5.16 Å². The first-order chi connectivity index (χ1) is 18.0. The number of benzene rings is 2. The van der Waals surface area contributed by atoms with Crippen molar-refractivity contribution in [1.29, 1.82) is 0 Å². The van der Waals surface area contributed by atoms with Gasteiger partial charge in [0.25, 0.3) is 0 Å². The van der Waals surface area contributed by atoms with Crippen LogP contribution in [-0.2, 0) is 18.8 Å². The molecule has 0 spiro atoms. The van der Waals surface area contributed by atoms with E-state index in [9.17, 15) is 4.79 Å². The normalized spacial score (nSPS) is 10.9. The third-order valence-electron chi connectivity index (χ3n) is 4.87. The van der Waals surface area contributed by atoms with E-state index < -0.39 is 17.6 Å². The zero-order valence-electron chi connectivity index (χ0n) is 19.5. The fourth-order valence-corrected chi connectivity index (χ4v) is 3.79. The Kier molecular flexibility index (Phi) is 8.29. The summed E-state index contributed by atoms with van der Waals surface area (Å²) in [6.07, 6.45) is 4.87. The van der Waals surface area contributed by atoms with Gasteiger partial charge in [-0.05, 0) is 36.6 Å². The van der Waals surface area contributed by atoms with Crippen molar-refractivity contribution in [3.05, 3.63) is 89.8 Å². The molecule has 0 atom stereocenters. The van der Waals surface area contributed by atoms with Gasteiger partial charge in [0.1, 0.15) is 41.1 Å². The van der Waals surface area contributed by atoms with Gasteiger partial charge < -0.3 is 4.74 Å². The number of hydrogen-bond acceptors (Lipinski definition) is 7. The van der Waals surface area contributed by atoms with Gasteiger partial charge in [0.05, 0.1) is 12.8 Å². The molecule has 0 aliphatic carbocycles. The van der Waals surface area contributed by atoms with Crippen LogP contribution in [0.5, 0.6) is 0 Å². The van der Waals surface area contributed by atoms with Crippen LogP contribution in [0.1, 0.15) is 18.2 Å². The average molecular weight is 518 g/mol. The molecule has 2 aromatic carbocycles. The second kappa shape index (κ2) is 12.0. The molecule has 0 saturated heterocycles. The Hall–Kier alpha value is -4.48. The number of hydrogen-bond donors (Lipinski definition) is 0. The molecule has 0 N–H and O–H groups in total. The third-order valence-corrected chi connectivity index (χ3v) is 5.42. The molecule has 0 bridgehead atoms. The molecule has 0 amide bonds. The maximum Gasteiger partial charge on any atom is 0.345 e. The molecule has 7 nitrogen and oxygen atoms in total. The number of nitrogens with zero attached hydrogens (tertiary/aromatic N) is 3. The Morgan fingerprint density at radius 3 is 2.54 bits per heavy atom. The van der Waals surface area contributed by atoms with E-state index in [1.54, 1.807) is 43.3 Å². The number of esters is 1. The Balaban J connectivity index is 2.00. The number of aromatic nitrogens is 3. The molecule has 0 aliphatic heterocycles. The predicted molar refractivity (Wildman–Crippen MR) is 134 cm³/mol. The van der Waals surface area contributed by atoms with Gasteiger partial charge in [-0.25, -0.2) is 28.4 Å². The number of ether oxygens (including phenoxy) is 1. The smallest absolute Gasteiger partial charge is 0.345 e. The summed E-state index contributed by atoms with van der Waals surface area (Å²) in [4.78, 5) is 25.8. The summed E-state index contributed by atoms with van der Waals surface area (Å²) in [6.45, 7) is 1.60. The van der Waals surface area contributed by atoms with Crippen LogP contribution in [0.4, 0.5) is 8.78 Å². The number of halogens is 2. The maximum absolute atomic E-state index is 15.1. The minimum absolute atomic E-state index is 0.133. The van der Waals surface area contributed by atoms with Crippen molar-refractivity contribution >= 4 is 34.6 Å². The molecule has 0 unspecified atom stereocenters. The number of carbonyl (C=O) groups is 1. The minimum Gasteiger partial charge on any atom is -0.368 e. The maximum atomic E-state index is 15.1. The van der Waals surface area contributed by atoms with E-state index in [1.165, 1.54) is 30.0 Å². The molecule has 0 fully saturated rings. The lowest BCUT2D eigenvalue weighted by Crippen LogP contribution is -2.08. The number of carbonyl (C=O) groups excluding carboxylic acids is 1. The molecular formula is C27H17F2N3O4S. The van der Waals surface area contributed by atoms with Gasteiger partial charge in [-0.2, -0.15) is 4.33 Å². The molecule has 37 heavy (non-hydrogen) atoms. The van der Waals surface area contributed by atoms with Crippen LogP contribution < -0.4 is 0 Å². The van der Waals surface area contributed by atoms with Crippen molar-refractivity contribution in [2.24, 2.45) is 0 Å². The Labute approximate surface area is 215 Å². The van der Waals surface area contributed by atoms with Crippen molar-refractivity contribution in [3.8, 4) is 29.6 Å². The highest BCUT2D eigenvalue weighted by Crippen LogP contribution is 2.34. The Bertz CT molecular complexity index is 1590. The van der Waals surface area contributed by atoms with Gasteiger partial charge in [-0.3, -0.25) is 4.57 Å². The van der Waals surface area contributed by atoms with E-state index in [1.807, 2.05) is 0 Å². The average Bonchev–Trinajstić information content (AvgIpc) is 3.27. The summed E-state index contributed by atoms with van der Waals surface area (Å²) in [5.41, 5.74) is 0.920. The number of rotatable bonds is 7. The van der Waals surface area contributed by atoms with Crippen LogP contribution in [0.2, 0.25) is 0 Å². The van der Waals surface area contributed by atoms with E-state index in [4.69, 9.17) is 9.07 Å². The zero-order valence-corrected chi connectivity index (χ0v) is 20.3.